The van der Waals surface area contributed by atoms with E-state index in [1.165, 1.54) is 12.2 Å². The van der Waals surface area contributed by atoms with Gasteiger partial charge in [-0.3, -0.25) is 9.59 Å². The summed E-state index contributed by atoms with van der Waals surface area (Å²) in [6.45, 7) is 1.99. The number of carbonyl (C=O) groups is 2. The lowest BCUT2D eigenvalue weighted by Gasteiger charge is -2.48. The molecule has 17 heavy (non-hydrogen) atoms. The second-order valence-electron chi connectivity index (χ2n) is 4.58. The number of esters is 1. The first-order chi connectivity index (χ1) is 8.04. The highest BCUT2D eigenvalue weighted by Gasteiger charge is 2.58. The molecule has 0 radical (unpaired) electrons. The van der Waals surface area contributed by atoms with Crippen molar-refractivity contribution in [3.05, 3.63) is 12.2 Å². The third kappa shape index (κ3) is 1.74. The molecule has 0 bridgehead atoms. The minimum Gasteiger partial charge on any atom is -0.465 e. The maximum atomic E-state index is 12.1. The van der Waals surface area contributed by atoms with Crippen LogP contribution in [0.2, 0.25) is 0 Å². The van der Waals surface area contributed by atoms with Gasteiger partial charge in [0.25, 0.3) is 0 Å². The van der Waals surface area contributed by atoms with Crippen LogP contribution in [0.1, 0.15) is 32.6 Å². The predicted octanol–water partition coefficient (Wildman–Crippen LogP) is 0.484. The zero-order valence-corrected chi connectivity index (χ0v) is 9.86. The Morgan fingerprint density at radius 1 is 1.53 bits per heavy atom. The minimum atomic E-state index is -1.50. The van der Waals surface area contributed by atoms with Gasteiger partial charge in [0.05, 0.1) is 6.61 Å². The van der Waals surface area contributed by atoms with Crippen molar-refractivity contribution in [2.24, 2.45) is 5.41 Å². The monoisotopic (exact) mass is 239 g/mol. The number of aliphatic hydroxyl groups is 1. The van der Waals surface area contributed by atoms with Gasteiger partial charge in [-0.1, -0.05) is 12.5 Å². The van der Waals surface area contributed by atoms with Gasteiger partial charge in [0.15, 0.2) is 5.72 Å². The first-order valence-corrected chi connectivity index (χ1v) is 5.95. The molecule has 0 aromatic rings. The molecule has 0 spiro atoms. The molecule has 2 aliphatic rings. The Balaban J connectivity index is 2.40. The van der Waals surface area contributed by atoms with E-state index in [4.69, 9.17) is 4.74 Å². The van der Waals surface area contributed by atoms with Crippen LogP contribution in [0.15, 0.2) is 12.2 Å². The normalized spacial score (nSPS) is 36.0. The number of nitrogens with one attached hydrogen (secondary N) is 1. The van der Waals surface area contributed by atoms with Crippen molar-refractivity contribution in [1.29, 1.82) is 0 Å². The van der Waals surface area contributed by atoms with Gasteiger partial charge in [-0.25, -0.2) is 0 Å². The van der Waals surface area contributed by atoms with Crippen molar-refractivity contribution < 1.29 is 19.4 Å². The van der Waals surface area contributed by atoms with Crippen LogP contribution in [0.25, 0.3) is 0 Å². The Morgan fingerprint density at radius 2 is 2.24 bits per heavy atom. The van der Waals surface area contributed by atoms with Gasteiger partial charge < -0.3 is 15.2 Å². The van der Waals surface area contributed by atoms with Crippen molar-refractivity contribution >= 4 is 11.9 Å². The smallest absolute Gasteiger partial charge is 0.320 e. The van der Waals surface area contributed by atoms with Crippen molar-refractivity contribution in [2.45, 2.75) is 38.3 Å². The first-order valence-electron chi connectivity index (χ1n) is 5.95. The fraction of sp³-hybridized carbons (Fsp3) is 0.667. The topological polar surface area (TPSA) is 75.6 Å². The summed E-state index contributed by atoms with van der Waals surface area (Å²) in [5.41, 5.74) is -2.61. The van der Waals surface area contributed by atoms with Crippen LogP contribution in [0.3, 0.4) is 0 Å². The van der Waals surface area contributed by atoms with Crippen LogP contribution >= 0.6 is 0 Å². The molecule has 1 heterocycles. The summed E-state index contributed by atoms with van der Waals surface area (Å²) in [5.74, 6) is -0.826. The predicted molar refractivity (Wildman–Crippen MR) is 59.8 cm³/mol. The van der Waals surface area contributed by atoms with Crippen LogP contribution in [0, 0.1) is 5.41 Å². The summed E-state index contributed by atoms with van der Waals surface area (Å²) in [6.07, 6.45) is 5.30. The molecule has 2 N–H and O–H groups in total. The Labute approximate surface area is 99.8 Å². The van der Waals surface area contributed by atoms with Gasteiger partial charge in [-0.15, -0.1) is 0 Å². The number of hydrogen-bond acceptors (Lipinski definition) is 4. The summed E-state index contributed by atoms with van der Waals surface area (Å²) in [7, 11) is 0. The van der Waals surface area contributed by atoms with E-state index in [2.05, 4.69) is 5.32 Å². The lowest BCUT2D eigenvalue weighted by atomic mass is 9.66. The highest BCUT2D eigenvalue weighted by atomic mass is 16.5. The molecule has 94 valence electrons. The van der Waals surface area contributed by atoms with Crippen LogP contribution < -0.4 is 5.32 Å². The molecule has 0 aromatic heterocycles. The molecule has 1 aliphatic carbocycles. The van der Waals surface area contributed by atoms with Gasteiger partial charge in [-0.05, 0) is 26.2 Å². The van der Waals surface area contributed by atoms with Gasteiger partial charge in [-0.2, -0.15) is 0 Å². The molecule has 0 unspecified atom stereocenters. The Kier molecular flexibility index (Phi) is 2.95. The molecule has 2 atom stereocenters. The van der Waals surface area contributed by atoms with Crippen LogP contribution in [0.4, 0.5) is 0 Å². The van der Waals surface area contributed by atoms with E-state index < -0.39 is 17.1 Å². The van der Waals surface area contributed by atoms with E-state index >= 15 is 0 Å². The number of amides is 1. The Bertz CT molecular complexity index is 379. The van der Waals surface area contributed by atoms with Crippen LogP contribution in [0.5, 0.6) is 0 Å². The van der Waals surface area contributed by atoms with E-state index in [9.17, 15) is 14.7 Å². The average Bonchev–Trinajstić information content (AvgIpc) is 2.28. The zero-order chi connectivity index (χ0) is 12.5. The lowest BCUT2D eigenvalue weighted by Crippen LogP contribution is -2.66. The lowest BCUT2D eigenvalue weighted by molar-refractivity contribution is -0.183. The summed E-state index contributed by atoms with van der Waals surface area (Å²) >= 11 is 0. The molecule has 5 nitrogen and oxygen atoms in total. The zero-order valence-electron chi connectivity index (χ0n) is 9.86. The number of hydrogen-bond donors (Lipinski definition) is 2. The molecule has 2 rings (SSSR count). The highest BCUT2D eigenvalue weighted by Crippen LogP contribution is 2.46. The van der Waals surface area contributed by atoms with E-state index in [1.54, 1.807) is 6.92 Å². The Hall–Kier alpha value is -1.36. The second-order valence-corrected chi connectivity index (χ2v) is 4.58. The quantitative estimate of drug-likeness (QED) is 0.687. The van der Waals surface area contributed by atoms with Crippen LogP contribution in [-0.4, -0.2) is 29.3 Å². The third-order valence-electron chi connectivity index (χ3n) is 3.59. The number of fused-ring (bicyclic) bond motifs is 1. The van der Waals surface area contributed by atoms with E-state index in [-0.39, 0.29) is 12.5 Å². The van der Waals surface area contributed by atoms with Gasteiger partial charge >= 0.3 is 5.97 Å². The SMILES string of the molecule is CCOC(=O)[C@]12C=CC(=O)N[C@@]1(O)CCCC2. The third-order valence-corrected chi connectivity index (χ3v) is 3.59. The molecule has 1 saturated carbocycles. The minimum absolute atomic E-state index is 0.262. The van der Waals surface area contributed by atoms with Gasteiger partial charge in [0.2, 0.25) is 5.91 Å². The number of rotatable bonds is 2. The standard InChI is InChI=1S/C12H17NO4/c1-2-17-10(15)11-6-3-4-7-12(11,16)13-9(14)5-8-11/h5,8,16H,2-4,6-7H2,1H3,(H,13,14)/t11-,12+/m0/s1. The summed E-state index contributed by atoms with van der Waals surface area (Å²) in [4.78, 5) is 23.4. The van der Waals surface area contributed by atoms with Gasteiger partial charge in [0, 0.05) is 6.08 Å². The summed E-state index contributed by atoms with van der Waals surface area (Å²) < 4.78 is 5.04. The molecule has 1 fully saturated rings. The summed E-state index contributed by atoms with van der Waals surface area (Å²) in [5, 5.41) is 13.0. The van der Waals surface area contributed by atoms with Crippen molar-refractivity contribution in [2.75, 3.05) is 6.61 Å². The Morgan fingerprint density at radius 3 is 2.94 bits per heavy atom. The first kappa shape index (κ1) is 12.1. The highest BCUT2D eigenvalue weighted by molar-refractivity contribution is 5.93. The van der Waals surface area contributed by atoms with E-state index in [0.717, 1.165) is 12.8 Å². The maximum absolute atomic E-state index is 12.1. The molecular formula is C12H17NO4. The van der Waals surface area contributed by atoms with Crippen molar-refractivity contribution in [3.63, 3.8) is 0 Å². The second kappa shape index (κ2) is 4.14. The van der Waals surface area contributed by atoms with Crippen LogP contribution in [-0.2, 0) is 14.3 Å². The molecule has 0 aromatic carbocycles. The van der Waals surface area contributed by atoms with Crippen molar-refractivity contribution in [3.8, 4) is 0 Å². The summed E-state index contributed by atoms with van der Waals surface area (Å²) in [6, 6.07) is 0. The maximum Gasteiger partial charge on any atom is 0.320 e. The molecule has 5 heteroatoms. The fourth-order valence-corrected chi connectivity index (χ4v) is 2.67. The number of carbonyl (C=O) groups excluding carboxylic acids is 2. The van der Waals surface area contributed by atoms with E-state index in [0.29, 0.717) is 12.8 Å². The molecular weight excluding hydrogens is 222 g/mol. The van der Waals surface area contributed by atoms with Gasteiger partial charge in [0.1, 0.15) is 5.41 Å². The molecule has 1 aliphatic heterocycles. The van der Waals surface area contributed by atoms with E-state index in [1.807, 2.05) is 0 Å². The average molecular weight is 239 g/mol. The molecule has 1 amide bonds. The fourth-order valence-electron chi connectivity index (χ4n) is 2.67. The largest absolute Gasteiger partial charge is 0.465 e. The van der Waals surface area contributed by atoms with Crippen molar-refractivity contribution in [1.82, 2.24) is 5.32 Å². The number of ether oxygens (including phenoxy) is 1. The molecule has 0 saturated heterocycles.